The van der Waals surface area contributed by atoms with E-state index in [2.05, 4.69) is 20.2 Å². The van der Waals surface area contributed by atoms with Crippen LogP contribution in [-0.2, 0) is 0 Å². The van der Waals surface area contributed by atoms with Crippen LogP contribution in [0.3, 0.4) is 0 Å². The van der Waals surface area contributed by atoms with E-state index < -0.39 is 0 Å². The van der Waals surface area contributed by atoms with E-state index in [1.54, 1.807) is 42.7 Å². The molecule has 0 bridgehead atoms. The van der Waals surface area contributed by atoms with Gasteiger partial charge in [-0.05, 0) is 48.0 Å². The number of pyridine rings is 1. The molecule has 3 aromatic heterocycles. The molecule has 2 aromatic carbocycles. The number of hydrogen-bond acceptors (Lipinski definition) is 4. The van der Waals surface area contributed by atoms with Gasteiger partial charge in [0.15, 0.2) is 5.65 Å². The van der Waals surface area contributed by atoms with Gasteiger partial charge in [0.2, 0.25) is 0 Å². The fourth-order valence-corrected chi connectivity index (χ4v) is 3.39. The molecule has 0 amide bonds. The SMILES string of the molecule is Fc1ccc(-c2nc3[nH]ncc3c(-c3ccc(F)cc3)c2-c2ccncn2)cc1. The average Bonchev–Trinajstić information content (AvgIpc) is 3.23. The van der Waals surface area contributed by atoms with Gasteiger partial charge in [-0.3, -0.25) is 5.10 Å². The van der Waals surface area contributed by atoms with Gasteiger partial charge in [0.05, 0.1) is 17.6 Å². The predicted molar refractivity (Wildman–Crippen MR) is 106 cm³/mol. The second-order valence-corrected chi connectivity index (χ2v) is 6.45. The largest absolute Gasteiger partial charge is 0.261 e. The summed E-state index contributed by atoms with van der Waals surface area (Å²) < 4.78 is 27.1. The Hall–Kier alpha value is -4.00. The Bertz CT molecular complexity index is 1300. The lowest BCUT2D eigenvalue weighted by Crippen LogP contribution is -1.97. The van der Waals surface area contributed by atoms with Crippen molar-refractivity contribution in [2.24, 2.45) is 0 Å². The molecule has 0 saturated heterocycles. The minimum Gasteiger partial charge on any atom is -0.261 e. The molecular weight excluding hydrogens is 372 g/mol. The molecule has 5 rings (SSSR count). The van der Waals surface area contributed by atoms with Crippen molar-refractivity contribution in [2.75, 3.05) is 0 Å². The molecule has 0 atom stereocenters. The Morgan fingerprint density at radius 2 is 1.45 bits per heavy atom. The fraction of sp³-hybridized carbons (Fsp3) is 0. The number of benzene rings is 2. The number of aromatic amines is 1. The molecule has 5 nitrogen and oxygen atoms in total. The quantitative estimate of drug-likeness (QED) is 0.473. The van der Waals surface area contributed by atoms with E-state index in [4.69, 9.17) is 4.98 Å². The number of fused-ring (bicyclic) bond motifs is 1. The Morgan fingerprint density at radius 1 is 0.759 bits per heavy atom. The van der Waals surface area contributed by atoms with E-state index in [1.807, 2.05) is 0 Å². The summed E-state index contributed by atoms with van der Waals surface area (Å²) in [5.41, 5.74) is 4.88. The van der Waals surface area contributed by atoms with Crippen LogP contribution in [0.1, 0.15) is 0 Å². The second-order valence-electron chi connectivity index (χ2n) is 6.45. The highest BCUT2D eigenvalue weighted by molar-refractivity contribution is 6.05. The van der Waals surface area contributed by atoms with E-state index in [1.165, 1.54) is 30.6 Å². The lowest BCUT2D eigenvalue weighted by atomic mass is 9.91. The number of nitrogens with one attached hydrogen (secondary N) is 1. The van der Waals surface area contributed by atoms with Gasteiger partial charge in [0, 0.05) is 28.3 Å². The van der Waals surface area contributed by atoms with Crippen molar-refractivity contribution in [3.05, 3.63) is 85.0 Å². The third-order valence-electron chi connectivity index (χ3n) is 4.69. The van der Waals surface area contributed by atoms with Gasteiger partial charge in [-0.15, -0.1) is 0 Å². The van der Waals surface area contributed by atoms with Crippen molar-refractivity contribution in [1.82, 2.24) is 25.1 Å². The lowest BCUT2D eigenvalue weighted by Gasteiger charge is -2.15. The topological polar surface area (TPSA) is 67.3 Å². The molecule has 0 aliphatic heterocycles. The van der Waals surface area contributed by atoms with Gasteiger partial charge in [0.25, 0.3) is 0 Å². The zero-order chi connectivity index (χ0) is 19.8. The number of nitrogens with zero attached hydrogens (tertiary/aromatic N) is 4. The molecule has 29 heavy (non-hydrogen) atoms. The molecule has 3 heterocycles. The molecule has 140 valence electrons. The van der Waals surface area contributed by atoms with Gasteiger partial charge in [-0.25, -0.2) is 23.7 Å². The minimum absolute atomic E-state index is 0.325. The fourth-order valence-electron chi connectivity index (χ4n) is 3.39. The predicted octanol–water partition coefficient (Wildman–Crippen LogP) is 5.03. The van der Waals surface area contributed by atoms with Crippen molar-refractivity contribution in [3.8, 4) is 33.6 Å². The number of halogens is 2. The number of rotatable bonds is 3. The highest BCUT2D eigenvalue weighted by atomic mass is 19.1. The van der Waals surface area contributed by atoms with Crippen molar-refractivity contribution >= 4 is 11.0 Å². The Balaban J connectivity index is 1.92. The summed E-state index contributed by atoms with van der Waals surface area (Å²) in [6.07, 6.45) is 4.78. The molecule has 0 aliphatic carbocycles. The highest BCUT2D eigenvalue weighted by Gasteiger charge is 2.21. The number of H-pyrrole nitrogens is 1. The zero-order valence-corrected chi connectivity index (χ0v) is 15.0. The summed E-state index contributed by atoms with van der Waals surface area (Å²) in [5, 5.41) is 7.81. The first-order valence-corrected chi connectivity index (χ1v) is 8.86. The van der Waals surface area contributed by atoms with Crippen molar-refractivity contribution < 1.29 is 8.78 Å². The van der Waals surface area contributed by atoms with Gasteiger partial charge < -0.3 is 0 Å². The summed E-state index contributed by atoms with van der Waals surface area (Å²) >= 11 is 0. The summed E-state index contributed by atoms with van der Waals surface area (Å²) in [6, 6.07) is 14.1. The molecule has 1 N–H and O–H groups in total. The Kier molecular flexibility index (Phi) is 4.05. The molecule has 0 saturated carbocycles. The van der Waals surface area contributed by atoms with Crippen LogP contribution < -0.4 is 0 Å². The van der Waals surface area contributed by atoms with Gasteiger partial charge >= 0.3 is 0 Å². The first-order valence-electron chi connectivity index (χ1n) is 8.86. The van der Waals surface area contributed by atoms with Gasteiger partial charge in [-0.1, -0.05) is 12.1 Å². The van der Waals surface area contributed by atoms with Gasteiger partial charge in [-0.2, -0.15) is 5.10 Å². The summed E-state index contributed by atoms with van der Waals surface area (Å²) in [5.74, 6) is -0.660. The van der Waals surface area contributed by atoms with Crippen LogP contribution >= 0.6 is 0 Å². The minimum atomic E-state index is -0.335. The smallest absolute Gasteiger partial charge is 0.156 e. The molecule has 0 fully saturated rings. The van der Waals surface area contributed by atoms with E-state index in [0.29, 0.717) is 17.0 Å². The van der Waals surface area contributed by atoms with E-state index in [9.17, 15) is 8.78 Å². The van der Waals surface area contributed by atoms with E-state index >= 15 is 0 Å². The van der Waals surface area contributed by atoms with Gasteiger partial charge in [0.1, 0.15) is 18.0 Å². The van der Waals surface area contributed by atoms with Crippen molar-refractivity contribution in [3.63, 3.8) is 0 Å². The summed E-state index contributed by atoms with van der Waals surface area (Å²) in [6.45, 7) is 0. The highest BCUT2D eigenvalue weighted by Crippen LogP contribution is 2.41. The standard InChI is InChI=1S/C22H13F2N5/c23-15-5-1-13(2-6-15)19-17-11-27-29-22(17)28-21(14-3-7-16(24)8-4-14)20(19)18-9-10-25-12-26-18/h1-12H,(H,27,28,29). The molecule has 0 radical (unpaired) electrons. The molecule has 0 aliphatic rings. The summed E-state index contributed by atoms with van der Waals surface area (Å²) in [4.78, 5) is 13.2. The average molecular weight is 385 g/mol. The molecule has 7 heteroatoms. The van der Waals surface area contributed by atoms with Crippen LogP contribution in [0.5, 0.6) is 0 Å². The lowest BCUT2D eigenvalue weighted by molar-refractivity contribution is 0.627. The first-order chi connectivity index (χ1) is 14.2. The van der Waals surface area contributed by atoms with Crippen LogP contribution in [0, 0.1) is 11.6 Å². The second kappa shape index (κ2) is 6.87. The normalized spacial score (nSPS) is 11.1. The molecule has 0 spiro atoms. The Labute approximate surface area is 164 Å². The monoisotopic (exact) mass is 385 g/mol. The van der Waals surface area contributed by atoms with Crippen molar-refractivity contribution in [2.45, 2.75) is 0 Å². The maximum atomic E-state index is 13.6. The zero-order valence-electron chi connectivity index (χ0n) is 15.0. The molecule has 5 aromatic rings. The third-order valence-corrected chi connectivity index (χ3v) is 4.69. The van der Waals surface area contributed by atoms with Crippen LogP contribution in [-0.4, -0.2) is 25.1 Å². The van der Waals surface area contributed by atoms with E-state index in [-0.39, 0.29) is 11.6 Å². The van der Waals surface area contributed by atoms with Crippen LogP contribution in [0.4, 0.5) is 8.78 Å². The van der Waals surface area contributed by atoms with Crippen LogP contribution in [0.2, 0.25) is 0 Å². The third kappa shape index (κ3) is 3.02. The molecule has 0 unspecified atom stereocenters. The maximum Gasteiger partial charge on any atom is 0.156 e. The van der Waals surface area contributed by atoms with Crippen molar-refractivity contribution in [1.29, 1.82) is 0 Å². The first kappa shape index (κ1) is 17.1. The number of aromatic nitrogens is 5. The van der Waals surface area contributed by atoms with Crippen LogP contribution in [0.25, 0.3) is 44.7 Å². The summed E-state index contributed by atoms with van der Waals surface area (Å²) in [7, 11) is 0. The van der Waals surface area contributed by atoms with Crippen LogP contribution in [0.15, 0.2) is 73.3 Å². The van der Waals surface area contributed by atoms with E-state index in [0.717, 1.165) is 27.6 Å². The molecular formula is C22H13F2N5. The number of hydrogen-bond donors (Lipinski definition) is 1. The Morgan fingerprint density at radius 3 is 2.10 bits per heavy atom. The maximum absolute atomic E-state index is 13.6.